The van der Waals surface area contributed by atoms with Gasteiger partial charge in [0.25, 0.3) is 0 Å². The average molecular weight is 445 g/mol. The van der Waals surface area contributed by atoms with E-state index < -0.39 is 5.60 Å². The molecule has 5 nitrogen and oxygen atoms in total. The van der Waals surface area contributed by atoms with Crippen LogP contribution in [0.2, 0.25) is 5.02 Å². The number of piperidine rings is 1. The number of ether oxygens (including phenoxy) is 1. The van der Waals surface area contributed by atoms with Crippen molar-refractivity contribution in [2.24, 2.45) is 0 Å². The molecule has 0 aliphatic carbocycles. The normalized spacial score (nSPS) is 19.8. The van der Waals surface area contributed by atoms with E-state index in [9.17, 15) is 9.90 Å². The number of likely N-dealkylation sites (tertiary alicyclic amines) is 1. The minimum atomic E-state index is -1.01. The Morgan fingerprint density at radius 2 is 2.00 bits per heavy atom. The highest BCUT2D eigenvalue weighted by molar-refractivity contribution is 6.32. The van der Waals surface area contributed by atoms with Gasteiger partial charge in [0.1, 0.15) is 18.0 Å². The molecule has 0 saturated carbocycles. The van der Waals surface area contributed by atoms with Gasteiger partial charge in [-0.2, -0.15) is 0 Å². The third-order valence-corrected chi connectivity index (χ3v) is 5.86. The molecular formula is C25H33ClN2O3. The summed E-state index contributed by atoms with van der Waals surface area (Å²) in [5.41, 5.74) is 0.874. The van der Waals surface area contributed by atoms with Crippen molar-refractivity contribution in [3.63, 3.8) is 0 Å². The third-order valence-electron chi connectivity index (χ3n) is 5.55. The molecule has 168 valence electrons. The van der Waals surface area contributed by atoms with E-state index in [1.54, 1.807) is 6.07 Å². The number of hydrogen-bond donors (Lipinski definition) is 2. The van der Waals surface area contributed by atoms with Gasteiger partial charge in [-0.15, -0.1) is 0 Å². The van der Waals surface area contributed by atoms with Gasteiger partial charge >= 0.3 is 0 Å². The fourth-order valence-corrected chi connectivity index (χ4v) is 4.33. The van der Waals surface area contributed by atoms with Crippen LogP contribution in [0.5, 0.6) is 5.75 Å². The lowest BCUT2D eigenvalue weighted by molar-refractivity contribution is -0.126. The molecule has 2 N–H and O–H groups in total. The smallest absolute Gasteiger partial charge is 0.234 e. The fraction of sp³-hybridized carbons (Fsp3) is 0.480. The summed E-state index contributed by atoms with van der Waals surface area (Å²) in [7, 11) is 0. The van der Waals surface area contributed by atoms with Crippen molar-refractivity contribution in [1.82, 2.24) is 10.2 Å². The number of nitrogens with one attached hydrogen (secondary N) is 1. The molecule has 0 bridgehead atoms. The molecule has 1 amide bonds. The Kier molecular flexibility index (Phi) is 7.63. The van der Waals surface area contributed by atoms with E-state index in [-0.39, 0.29) is 24.6 Å². The summed E-state index contributed by atoms with van der Waals surface area (Å²) >= 11 is 6.21. The van der Waals surface area contributed by atoms with E-state index in [1.807, 2.05) is 56.0 Å². The molecule has 1 fully saturated rings. The topological polar surface area (TPSA) is 61.8 Å². The number of carbonyl (C=O) groups is 1. The monoisotopic (exact) mass is 444 g/mol. The van der Waals surface area contributed by atoms with Crippen molar-refractivity contribution < 1.29 is 14.6 Å². The first-order valence-corrected chi connectivity index (χ1v) is 11.2. The van der Waals surface area contributed by atoms with Crippen LogP contribution in [0.4, 0.5) is 0 Å². The van der Waals surface area contributed by atoms with E-state index in [0.29, 0.717) is 23.7 Å². The lowest BCUT2D eigenvalue weighted by Crippen LogP contribution is -2.55. The number of aryl methyl sites for hydroxylation is 1. The molecule has 2 aromatic rings. The fourth-order valence-electron chi connectivity index (χ4n) is 4.16. The highest BCUT2D eigenvalue weighted by Gasteiger charge is 2.35. The van der Waals surface area contributed by atoms with Crippen molar-refractivity contribution in [2.75, 3.05) is 26.2 Å². The third kappa shape index (κ3) is 7.23. The molecule has 0 aromatic heterocycles. The molecule has 0 unspecified atom stereocenters. The van der Waals surface area contributed by atoms with Crippen LogP contribution in [-0.4, -0.2) is 53.3 Å². The van der Waals surface area contributed by atoms with E-state index in [1.165, 1.54) is 5.56 Å². The number of aliphatic hydroxyl groups is 1. The standard InChI is InChI=1S/C25H33ClN2O3/c1-19-10-11-21(26)22(14-19)31-18-25(30)12-7-13-28(17-25)16-23(29)27-24(2,3)15-20-8-5-4-6-9-20/h4-6,8-11,14,30H,7,12-13,15-18H2,1-3H3,(H,27,29)/t25-/m0/s1. The molecule has 1 heterocycles. The molecule has 1 aliphatic rings. The van der Waals surface area contributed by atoms with Crippen LogP contribution >= 0.6 is 11.6 Å². The van der Waals surface area contributed by atoms with Gasteiger partial charge in [-0.25, -0.2) is 0 Å². The largest absolute Gasteiger partial charge is 0.489 e. The van der Waals surface area contributed by atoms with Crippen LogP contribution in [0, 0.1) is 6.92 Å². The Hall–Kier alpha value is -2.08. The minimum Gasteiger partial charge on any atom is -0.489 e. The van der Waals surface area contributed by atoms with Gasteiger partial charge in [-0.1, -0.05) is 48.0 Å². The van der Waals surface area contributed by atoms with E-state index in [2.05, 4.69) is 17.4 Å². The summed E-state index contributed by atoms with van der Waals surface area (Å²) < 4.78 is 5.85. The SMILES string of the molecule is Cc1ccc(Cl)c(OC[C@]2(O)CCCN(CC(=O)NC(C)(C)Cc3ccccc3)C2)c1. The molecule has 0 radical (unpaired) electrons. The molecule has 2 aromatic carbocycles. The second-order valence-electron chi connectivity index (χ2n) is 9.36. The van der Waals surface area contributed by atoms with Crippen molar-refractivity contribution in [3.8, 4) is 5.75 Å². The van der Waals surface area contributed by atoms with Crippen LogP contribution in [0.15, 0.2) is 48.5 Å². The average Bonchev–Trinajstić information content (AvgIpc) is 2.68. The first kappa shape index (κ1) is 23.6. The van der Waals surface area contributed by atoms with Gasteiger partial charge < -0.3 is 15.2 Å². The van der Waals surface area contributed by atoms with Crippen molar-refractivity contribution in [1.29, 1.82) is 0 Å². The Labute approximate surface area is 190 Å². The first-order valence-electron chi connectivity index (χ1n) is 10.8. The Bertz CT molecular complexity index is 888. The quantitative estimate of drug-likeness (QED) is 0.646. The first-order chi connectivity index (χ1) is 14.6. The van der Waals surface area contributed by atoms with Crippen LogP contribution < -0.4 is 10.1 Å². The van der Waals surface area contributed by atoms with Gasteiger partial charge in [-0.05, 0) is 69.8 Å². The predicted octanol–water partition coefficient (Wildman–Crippen LogP) is 3.99. The maximum atomic E-state index is 12.7. The highest BCUT2D eigenvalue weighted by Crippen LogP contribution is 2.28. The summed E-state index contributed by atoms with van der Waals surface area (Å²) in [6.45, 7) is 7.61. The number of β-amino-alcohol motifs (C(OH)–C–C–N with tert-alkyl or cyclic N) is 1. The van der Waals surface area contributed by atoms with E-state index in [4.69, 9.17) is 16.3 Å². The minimum absolute atomic E-state index is 0.0344. The highest BCUT2D eigenvalue weighted by atomic mass is 35.5. The molecular weight excluding hydrogens is 412 g/mol. The molecule has 31 heavy (non-hydrogen) atoms. The number of carbonyl (C=O) groups excluding carboxylic acids is 1. The number of rotatable bonds is 8. The predicted molar refractivity (Wildman–Crippen MR) is 125 cm³/mol. The number of benzene rings is 2. The van der Waals surface area contributed by atoms with Crippen LogP contribution in [0.3, 0.4) is 0 Å². The van der Waals surface area contributed by atoms with Gasteiger partial charge in [0.15, 0.2) is 0 Å². The number of nitrogens with zero attached hydrogens (tertiary/aromatic N) is 1. The summed E-state index contributed by atoms with van der Waals surface area (Å²) in [5, 5.41) is 14.7. The van der Waals surface area contributed by atoms with Gasteiger partial charge in [0.05, 0.1) is 11.6 Å². The van der Waals surface area contributed by atoms with Gasteiger partial charge in [0, 0.05) is 12.1 Å². The van der Waals surface area contributed by atoms with Crippen LogP contribution in [-0.2, 0) is 11.2 Å². The van der Waals surface area contributed by atoms with Gasteiger partial charge in [0.2, 0.25) is 5.91 Å². The van der Waals surface area contributed by atoms with Crippen molar-refractivity contribution in [3.05, 3.63) is 64.7 Å². The zero-order valence-electron chi connectivity index (χ0n) is 18.7. The van der Waals surface area contributed by atoms with Gasteiger partial charge in [-0.3, -0.25) is 9.69 Å². The number of halogens is 1. The zero-order chi connectivity index (χ0) is 22.5. The lowest BCUT2D eigenvalue weighted by Gasteiger charge is -2.39. The molecule has 1 saturated heterocycles. The Balaban J connectivity index is 1.52. The number of amides is 1. The lowest BCUT2D eigenvalue weighted by atomic mass is 9.93. The van der Waals surface area contributed by atoms with E-state index in [0.717, 1.165) is 24.9 Å². The summed E-state index contributed by atoms with van der Waals surface area (Å²) in [4.78, 5) is 14.7. The Morgan fingerprint density at radius 1 is 1.26 bits per heavy atom. The number of hydrogen-bond acceptors (Lipinski definition) is 4. The van der Waals surface area contributed by atoms with Crippen LogP contribution in [0.1, 0.15) is 37.8 Å². The van der Waals surface area contributed by atoms with Crippen molar-refractivity contribution >= 4 is 17.5 Å². The second-order valence-corrected chi connectivity index (χ2v) is 9.76. The maximum Gasteiger partial charge on any atom is 0.234 e. The summed E-state index contributed by atoms with van der Waals surface area (Å²) in [5.74, 6) is 0.542. The molecule has 3 rings (SSSR count). The Morgan fingerprint density at radius 3 is 2.74 bits per heavy atom. The molecule has 1 aliphatic heterocycles. The summed E-state index contributed by atoms with van der Waals surface area (Å²) in [6.07, 6.45) is 2.20. The zero-order valence-corrected chi connectivity index (χ0v) is 19.4. The molecule has 0 spiro atoms. The molecule has 1 atom stereocenters. The summed E-state index contributed by atoms with van der Waals surface area (Å²) in [6, 6.07) is 15.7. The van der Waals surface area contributed by atoms with E-state index >= 15 is 0 Å². The van der Waals surface area contributed by atoms with Crippen LogP contribution in [0.25, 0.3) is 0 Å². The van der Waals surface area contributed by atoms with Crippen molar-refractivity contribution in [2.45, 2.75) is 51.2 Å². The maximum absolute atomic E-state index is 12.7. The second kappa shape index (κ2) is 10.0. The molecule has 6 heteroatoms.